The summed E-state index contributed by atoms with van der Waals surface area (Å²) in [5, 5.41) is 2.54. The highest BCUT2D eigenvalue weighted by Crippen LogP contribution is 2.20. The molecule has 8 nitrogen and oxygen atoms in total. The Morgan fingerprint density at radius 2 is 1.64 bits per heavy atom. The lowest BCUT2D eigenvalue weighted by Gasteiger charge is -2.25. The average molecular weight is 508 g/mol. The predicted molar refractivity (Wildman–Crippen MR) is 140 cm³/mol. The molecule has 0 radical (unpaired) electrons. The quantitative estimate of drug-likeness (QED) is 0.406. The molecule has 1 atom stereocenters. The number of urea groups is 1. The zero-order chi connectivity index (χ0) is 26.1. The molecule has 3 rings (SSSR count). The molecule has 0 unspecified atom stereocenters. The number of ether oxygens (including phenoxy) is 1. The Morgan fingerprint density at radius 1 is 1.00 bits per heavy atom. The topological polar surface area (TPSA) is 105 Å². The summed E-state index contributed by atoms with van der Waals surface area (Å²) in [6.07, 6.45) is 1.80. The van der Waals surface area contributed by atoms with E-state index in [1.807, 2.05) is 35.1 Å². The maximum atomic E-state index is 13.4. The van der Waals surface area contributed by atoms with Crippen LogP contribution in [-0.2, 0) is 21.2 Å². The van der Waals surface area contributed by atoms with Gasteiger partial charge in [-0.1, -0.05) is 61.2 Å². The summed E-state index contributed by atoms with van der Waals surface area (Å²) >= 11 is 0. The molecule has 0 aromatic heterocycles. The second kappa shape index (κ2) is 12.0. The van der Waals surface area contributed by atoms with Gasteiger partial charge in [-0.05, 0) is 48.4 Å². The summed E-state index contributed by atoms with van der Waals surface area (Å²) in [5.74, 6) is 0.210. The van der Waals surface area contributed by atoms with Crippen molar-refractivity contribution in [3.05, 3.63) is 103 Å². The van der Waals surface area contributed by atoms with Crippen molar-refractivity contribution in [1.29, 1.82) is 0 Å². The van der Waals surface area contributed by atoms with E-state index in [2.05, 4.69) is 11.9 Å². The van der Waals surface area contributed by atoms with E-state index in [0.29, 0.717) is 23.6 Å². The lowest BCUT2D eigenvalue weighted by Crippen LogP contribution is -2.52. The first kappa shape index (κ1) is 26.5. The number of benzene rings is 3. The number of anilines is 1. The number of nitrogens with one attached hydrogen (secondary N) is 2. The first-order chi connectivity index (χ1) is 17.2. The second-order valence-corrected chi connectivity index (χ2v) is 9.73. The van der Waals surface area contributed by atoms with Gasteiger partial charge in [-0.3, -0.25) is 4.79 Å². The molecule has 188 valence electrons. The van der Waals surface area contributed by atoms with Crippen LogP contribution in [0, 0.1) is 6.92 Å². The number of nitrogens with zero attached hydrogens (tertiary/aromatic N) is 1. The lowest BCUT2D eigenvalue weighted by molar-refractivity contribution is -0.120. The van der Waals surface area contributed by atoms with Crippen molar-refractivity contribution >= 4 is 27.6 Å². The first-order valence-corrected chi connectivity index (χ1v) is 12.7. The Bertz CT molecular complexity index is 1310. The smallest absolute Gasteiger partial charge is 0.329 e. The van der Waals surface area contributed by atoms with Crippen LogP contribution in [-0.4, -0.2) is 40.1 Å². The summed E-state index contributed by atoms with van der Waals surface area (Å²) in [6, 6.07) is 20.4. The Balaban J connectivity index is 1.79. The molecular weight excluding hydrogens is 478 g/mol. The third kappa shape index (κ3) is 6.96. The van der Waals surface area contributed by atoms with E-state index in [-0.39, 0.29) is 11.3 Å². The number of rotatable bonds is 10. The molecule has 3 aromatic carbocycles. The fourth-order valence-corrected chi connectivity index (χ4v) is 4.72. The third-order valence-corrected chi connectivity index (χ3v) is 6.91. The number of hydrogen-bond donors (Lipinski definition) is 2. The van der Waals surface area contributed by atoms with E-state index >= 15 is 0 Å². The summed E-state index contributed by atoms with van der Waals surface area (Å²) in [7, 11) is -2.54. The second-order valence-electron chi connectivity index (χ2n) is 8.08. The van der Waals surface area contributed by atoms with Crippen LogP contribution in [0.25, 0.3) is 0 Å². The van der Waals surface area contributed by atoms with Gasteiger partial charge >= 0.3 is 6.03 Å². The molecule has 0 bridgehead atoms. The molecule has 2 N–H and O–H groups in total. The number of likely N-dealkylation sites (N-methyl/N-ethyl adjacent to an activating group) is 1. The van der Waals surface area contributed by atoms with Crippen LogP contribution in [0.4, 0.5) is 10.5 Å². The van der Waals surface area contributed by atoms with Crippen molar-refractivity contribution in [2.75, 3.05) is 18.6 Å². The van der Waals surface area contributed by atoms with Gasteiger partial charge in [-0.2, -0.15) is 0 Å². The first-order valence-electron chi connectivity index (χ1n) is 11.3. The van der Waals surface area contributed by atoms with E-state index in [9.17, 15) is 18.0 Å². The number of amides is 3. The van der Waals surface area contributed by atoms with Crippen LogP contribution in [0.5, 0.6) is 5.75 Å². The molecule has 9 heteroatoms. The Labute approximate surface area is 211 Å². The molecule has 0 saturated carbocycles. The monoisotopic (exact) mass is 507 g/mol. The molecule has 3 aromatic rings. The van der Waals surface area contributed by atoms with Crippen molar-refractivity contribution < 1.29 is 22.7 Å². The molecule has 0 aliphatic carbocycles. The van der Waals surface area contributed by atoms with E-state index in [1.54, 1.807) is 62.5 Å². The van der Waals surface area contributed by atoms with E-state index < -0.39 is 28.0 Å². The highest BCUT2D eigenvalue weighted by Gasteiger charge is 2.27. The van der Waals surface area contributed by atoms with Crippen LogP contribution in [0.3, 0.4) is 0 Å². The van der Waals surface area contributed by atoms with E-state index in [1.165, 1.54) is 11.0 Å². The number of aryl methyl sites for hydroxylation is 1. The zero-order valence-corrected chi connectivity index (χ0v) is 21.0. The van der Waals surface area contributed by atoms with Crippen LogP contribution in [0.15, 0.2) is 96.4 Å². The molecule has 0 heterocycles. The van der Waals surface area contributed by atoms with Gasteiger partial charge in [0.25, 0.3) is 10.0 Å². The largest absolute Gasteiger partial charge is 0.490 e. The molecule has 0 aliphatic rings. The maximum Gasteiger partial charge on any atom is 0.329 e. The Morgan fingerprint density at radius 3 is 2.28 bits per heavy atom. The minimum absolute atomic E-state index is 0.0121. The number of hydrogen-bond acceptors (Lipinski definition) is 5. The minimum atomic E-state index is -4.13. The van der Waals surface area contributed by atoms with Crippen molar-refractivity contribution in [3.8, 4) is 5.75 Å². The standard InChI is InChI=1S/C27H29N3O5S/c1-4-18-35-23-16-14-22(15-17-23)30(3)26(31)24(19-21-11-6-5-7-12-21)28-27(32)29-36(33,34)25-13-9-8-10-20(25)2/h4-17,24H,1,18-19H2,2-3H3,(H2,28,29,32)/t24-/m0/s1. The van der Waals surface area contributed by atoms with Crippen LogP contribution in [0.1, 0.15) is 11.1 Å². The van der Waals surface area contributed by atoms with E-state index in [4.69, 9.17) is 4.74 Å². The summed E-state index contributed by atoms with van der Waals surface area (Å²) in [5.41, 5.74) is 1.88. The molecule has 0 saturated heterocycles. The van der Waals surface area contributed by atoms with Crippen molar-refractivity contribution in [1.82, 2.24) is 10.0 Å². The van der Waals surface area contributed by atoms with Crippen LogP contribution in [0.2, 0.25) is 0 Å². The van der Waals surface area contributed by atoms with Crippen molar-refractivity contribution in [2.24, 2.45) is 0 Å². The molecule has 36 heavy (non-hydrogen) atoms. The van der Waals surface area contributed by atoms with Crippen molar-refractivity contribution in [2.45, 2.75) is 24.3 Å². The number of carbonyl (C=O) groups is 2. The van der Waals surface area contributed by atoms with Gasteiger partial charge in [0.05, 0.1) is 4.90 Å². The lowest BCUT2D eigenvalue weighted by atomic mass is 10.0. The SMILES string of the molecule is C=CCOc1ccc(N(C)C(=O)[C@H](Cc2ccccc2)NC(=O)NS(=O)(=O)c2ccccc2C)cc1. The molecule has 3 amide bonds. The fourth-order valence-electron chi connectivity index (χ4n) is 3.55. The minimum Gasteiger partial charge on any atom is -0.490 e. The maximum absolute atomic E-state index is 13.4. The normalized spacial score (nSPS) is 11.7. The van der Waals surface area contributed by atoms with Gasteiger partial charge in [0, 0.05) is 19.2 Å². The molecule has 0 aliphatic heterocycles. The molecule has 0 spiro atoms. The number of sulfonamides is 1. The van der Waals surface area contributed by atoms with Gasteiger partial charge in [-0.25, -0.2) is 17.9 Å². The summed E-state index contributed by atoms with van der Waals surface area (Å²) in [4.78, 5) is 27.6. The third-order valence-electron chi connectivity index (χ3n) is 5.42. The summed E-state index contributed by atoms with van der Waals surface area (Å²) < 4.78 is 33.0. The molecule has 0 fully saturated rings. The number of carbonyl (C=O) groups excluding carboxylic acids is 2. The van der Waals surface area contributed by atoms with E-state index in [0.717, 1.165) is 5.56 Å². The Kier molecular flexibility index (Phi) is 8.86. The average Bonchev–Trinajstić information content (AvgIpc) is 2.87. The van der Waals surface area contributed by atoms with Crippen molar-refractivity contribution in [3.63, 3.8) is 0 Å². The van der Waals surface area contributed by atoms with Crippen LogP contribution >= 0.6 is 0 Å². The predicted octanol–water partition coefficient (Wildman–Crippen LogP) is 3.82. The van der Waals surface area contributed by atoms with Gasteiger partial charge in [0.15, 0.2) is 0 Å². The van der Waals surface area contributed by atoms with Gasteiger partial charge in [-0.15, -0.1) is 0 Å². The summed E-state index contributed by atoms with van der Waals surface area (Å²) in [6.45, 7) is 5.61. The zero-order valence-electron chi connectivity index (χ0n) is 20.2. The molecular formula is C27H29N3O5S. The Hall–Kier alpha value is -4.11. The fraction of sp³-hybridized carbons (Fsp3) is 0.185. The van der Waals surface area contributed by atoms with Gasteiger partial charge in [0.2, 0.25) is 5.91 Å². The van der Waals surface area contributed by atoms with Crippen LogP contribution < -0.4 is 19.7 Å². The highest BCUT2D eigenvalue weighted by atomic mass is 32.2. The van der Waals surface area contributed by atoms with Gasteiger partial charge in [0.1, 0.15) is 18.4 Å². The highest BCUT2D eigenvalue weighted by molar-refractivity contribution is 7.90. The van der Waals surface area contributed by atoms with Gasteiger partial charge < -0.3 is 15.0 Å².